The molecule has 0 unspecified atom stereocenters. The van der Waals surface area contributed by atoms with Gasteiger partial charge in [0.2, 0.25) is 0 Å². The summed E-state index contributed by atoms with van der Waals surface area (Å²) in [5.74, 6) is 1.37. The highest BCUT2D eigenvalue weighted by Crippen LogP contribution is 2.36. The Morgan fingerprint density at radius 2 is 1.77 bits per heavy atom. The second-order valence-corrected chi connectivity index (χ2v) is 4.87. The van der Waals surface area contributed by atoms with Gasteiger partial charge in [0.05, 0.1) is 25.9 Å². The Kier molecular flexibility index (Phi) is 4.14. The van der Waals surface area contributed by atoms with E-state index in [-0.39, 0.29) is 5.91 Å². The van der Waals surface area contributed by atoms with E-state index >= 15 is 0 Å². The minimum atomic E-state index is -0.251. The van der Waals surface area contributed by atoms with Crippen LogP contribution in [0.2, 0.25) is 0 Å². The van der Waals surface area contributed by atoms with Gasteiger partial charge in [-0.3, -0.25) is 4.79 Å². The number of para-hydroxylation sites is 1. The predicted octanol–water partition coefficient (Wildman–Crippen LogP) is 3.11. The molecule has 0 saturated heterocycles. The maximum Gasteiger partial charge on any atom is 0.259 e. The molecule has 114 valence electrons. The van der Waals surface area contributed by atoms with Gasteiger partial charge in [-0.05, 0) is 12.1 Å². The van der Waals surface area contributed by atoms with Gasteiger partial charge >= 0.3 is 0 Å². The van der Waals surface area contributed by atoms with Crippen molar-refractivity contribution in [1.82, 2.24) is 0 Å². The lowest BCUT2D eigenvalue weighted by Gasteiger charge is -2.14. The van der Waals surface area contributed by atoms with Gasteiger partial charge in [0.1, 0.15) is 5.75 Å². The van der Waals surface area contributed by atoms with Crippen molar-refractivity contribution in [2.45, 2.75) is 6.42 Å². The zero-order chi connectivity index (χ0) is 15.4. The van der Waals surface area contributed by atoms with Crippen LogP contribution in [0.25, 0.3) is 0 Å². The maximum absolute atomic E-state index is 12.5. The number of hydrogen-bond donors (Lipinski definition) is 1. The second kappa shape index (κ2) is 6.39. The number of fused-ring (bicyclic) bond motifs is 1. The summed E-state index contributed by atoms with van der Waals surface area (Å²) in [6.07, 6.45) is 0.808. The third-order valence-electron chi connectivity index (χ3n) is 3.35. The van der Waals surface area contributed by atoms with Crippen LogP contribution in [0.5, 0.6) is 17.2 Å². The molecule has 22 heavy (non-hydrogen) atoms. The summed E-state index contributed by atoms with van der Waals surface area (Å²) >= 11 is 0. The van der Waals surface area contributed by atoms with Crippen molar-refractivity contribution in [2.24, 2.45) is 0 Å². The van der Waals surface area contributed by atoms with Crippen LogP contribution >= 0.6 is 0 Å². The molecule has 1 amide bonds. The summed E-state index contributed by atoms with van der Waals surface area (Å²) in [6, 6.07) is 12.6. The Morgan fingerprint density at radius 3 is 2.45 bits per heavy atom. The molecule has 0 aliphatic carbocycles. The first-order chi connectivity index (χ1) is 10.8. The van der Waals surface area contributed by atoms with Crippen LogP contribution in [0.4, 0.5) is 5.69 Å². The van der Waals surface area contributed by atoms with Crippen LogP contribution in [0.3, 0.4) is 0 Å². The van der Waals surface area contributed by atoms with Gasteiger partial charge in [-0.25, -0.2) is 0 Å². The molecule has 3 rings (SSSR count). The van der Waals surface area contributed by atoms with Gasteiger partial charge in [0.25, 0.3) is 5.91 Å². The Labute approximate surface area is 128 Å². The lowest BCUT2D eigenvalue weighted by molar-refractivity contribution is 0.102. The number of carbonyl (C=O) groups is 1. The largest absolute Gasteiger partial charge is 0.496 e. The standard InChI is InChI=1S/C17H17NO4/c1-20-14-11-16-15(21-8-5-9-22-16)10-13(14)17(19)18-12-6-3-2-4-7-12/h2-4,6-7,10-11H,5,8-9H2,1H3,(H,18,19). The zero-order valence-electron chi connectivity index (χ0n) is 12.3. The molecule has 0 spiro atoms. The van der Waals surface area contributed by atoms with Gasteiger partial charge in [-0.2, -0.15) is 0 Å². The fraction of sp³-hybridized carbons (Fsp3) is 0.235. The maximum atomic E-state index is 12.5. The molecule has 0 bridgehead atoms. The van der Waals surface area contributed by atoms with E-state index in [1.807, 2.05) is 30.3 Å². The van der Waals surface area contributed by atoms with Crippen LogP contribution in [-0.2, 0) is 0 Å². The number of rotatable bonds is 3. The van der Waals surface area contributed by atoms with E-state index < -0.39 is 0 Å². The van der Waals surface area contributed by atoms with Crippen molar-refractivity contribution in [3.8, 4) is 17.2 Å². The highest BCUT2D eigenvalue weighted by atomic mass is 16.5. The molecule has 0 fully saturated rings. The minimum Gasteiger partial charge on any atom is -0.496 e. The Balaban J connectivity index is 1.91. The van der Waals surface area contributed by atoms with E-state index in [2.05, 4.69) is 5.32 Å². The molecule has 2 aromatic rings. The van der Waals surface area contributed by atoms with Crippen LogP contribution in [0, 0.1) is 0 Å². The number of carbonyl (C=O) groups excluding carboxylic acids is 1. The number of nitrogens with one attached hydrogen (secondary N) is 1. The second-order valence-electron chi connectivity index (χ2n) is 4.87. The van der Waals surface area contributed by atoms with Crippen molar-refractivity contribution < 1.29 is 19.0 Å². The van der Waals surface area contributed by atoms with E-state index in [4.69, 9.17) is 14.2 Å². The van der Waals surface area contributed by atoms with E-state index in [9.17, 15) is 4.79 Å². The average molecular weight is 299 g/mol. The normalized spacial score (nSPS) is 13.1. The molecule has 5 heteroatoms. The summed E-state index contributed by atoms with van der Waals surface area (Å²) in [6.45, 7) is 1.16. The van der Waals surface area contributed by atoms with Crippen molar-refractivity contribution in [2.75, 3.05) is 25.6 Å². The van der Waals surface area contributed by atoms with E-state index in [1.54, 1.807) is 12.1 Å². The molecule has 1 heterocycles. The summed E-state index contributed by atoms with van der Waals surface area (Å²) in [5.41, 5.74) is 1.14. The minimum absolute atomic E-state index is 0.251. The number of methoxy groups -OCH3 is 1. The molecule has 0 aromatic heterocycles. The summed E-state index contributed by atoms with van der Waals surface area (Å²) in [7, 11) is 1.53. The zero-order valence-corrected chi connectivity index (χ0v) is 12.3. The Morgan fingerprint density at radius 1 is 1.09 bits per heavy atom. The molecule has 1 aliphatic rings. The van der Waals surface area contributed by atoms with Gasteiger partial charge in [-0.1, -0.05) is 18.2 Å². The number of hydrogen-bond acceptors (Lipinski definition) is 4. The third-order valence-corrected chi connectivity index (χ3v) is 3.35. The fourth-order valence-electron chi connectivity index (χ4n) is 2.26. The molecule has 1 aliphatic heterocycles. The van der Waals surface area contributed by atoms with E-state index in [0.29, 0.717) is 36.0 Å². The summed E-state index contributed by atoms with van der Waals surface area (Å²) in [5, 5.41) is 2.84. The van der Waals surface area contributed by atoms with Gasteiger partial charge in [-0.15, -0.1) is 0 Å². The fourth-order valence-corrected chi connectivity index (χ4v) is 2.26. The molecule has 1 N–H and O–H groups in total. The number of benzene rings is 2. The SMILES string of the molecule is COc1cc2c(cc1C(=O)Nc1ccccc1)OCCCO2. The molecular formula is C17H17NO4. The third kappa shape index (κ3) is 2.98. The first-order valence-corrected chi connectivity index (χ1v) is 7.12. The molecule has 2 aromatic carbocycles. The smallest absolute Gasteiger partial charge is 0.259 e. The molecule has 0 radical (unpaired) electrons. The molecular weight excluding hydrogens is 282 g/mol. The summed E-state index contributed by atoms with van der Waals surface area (Å²) < 4.78 is 16.6. The van der Waals surface area contributed by atoms with Crippen LogP contribution in [0.1, 0.15) is 16.8 Å². The van der Waals surface area contributed by atoms with Crippen LogP contribution in [-0.4, -0.2) is 26.2 Å². The molecule has 0 atom stereocenters. The highest BCUT2D eigenvalue weighted by molar-refractivity contribution is 6.06. The highest BCUT2D eigenvalue weighted by Gasteiger charge is 2.19. The van der Waals surface area contributed by atoms with E-state index in [1.165, 1.54) is 7.11 Å². The lowest BCUT2D eigenvalue weighted by Crippen LogP contribution is -2.13. The quantitative estimate of drug-likeness (QED) is 0.946. The van der Waals surface area contributed by atoms with Crippen molar-refractivity contribution in [3.05, 3.63) is 48.0 Å². The van der Waals surface area contributed by atoms with Gasteiger partial charge in [0, 0.05) is 24.2 Å². The van der Waals surface area contributed by atoms with Crippen molar-refractivity contribution in [1.29, 1.82) is 0 Å². The Hall–Kier alpha value is -2.69. The first-order valence-electron chi connectivity index (χ1n) is 7.12. The van der Waals surface area contributed by atoms with Crippen LogP contribution in [0.15, 0.2) is 42.5 Å². The van der Waals surface area contributed by atoms with Gasteiger partial charge < -0.3 is 19.5 Å². The lowest BCUT2D eigenvalue weighted by atomic mass is 10.1. The summed E-state index contributed by atoms with van der Waals surface area (Å²) in [4.78, 5) is 12.5. The number of amides is 1. The topological polar surface area (TPSA) is 56.8 Å². The van der Waals surface area contributed by atoms with Crippen molar-refractivity contribution in [3.63, 3.8) is 0 Å². The number of ether oxygens (including phenoxy) is 3. The average Bonchev–Trinajstić information content (AvgIpc) is 2.79. The monoisotopic (exact) mass is 299 g/mol. The van der Waals surface area contributed by atoms with E-state index in [0.717, 1.165) is 12.1 Å². The number of anilines is 1. The Bertz CT molecular complexity index is 670. The van der Waals surface area contributed by atoms with Crippen molar-refractivity contribution >= 4 is 11.6 Å². The molecule has 0 saturated carbocycles. The van der Waals surface area contributed by atoms with Crippen LogP contribution < -0.4 is 19.5 Å². The predicted molar refractivity (Wildman–Crippen MR) is 83.0 cm³/mol. The van der Waals surface area contributed by atoms with Gasteiger partial charge in [0.15, 0.2) is 11.5 Å². The molecule has 5 nitrogen and oxygen atoms in total. The first kappa shape index (κ1) is 14.3.